The van der Waals surface area contributed by atoms with E-state index in [2.05, 4.69) is 69.3 Å². The molecule has 118 valence electrons. The smallest absolute Gasteiger partial charge is 0.0551 e. The van der Waals surface area contributed by atoms with Crippen molar-refractivity contribution in [3.05, 3.63) is 70.8 Å². The van der Waals surface area contributed by atoms with Crippen molar-refractivity contribution >= 4 is 0 Å². The van der Waals surface area contributed by atoms with E-state index in [4.69, 9.17) is 10.5 Å². The summed E-state index contributed by atoms with van der Waals surface area (Å²) in [5.74, 6) is 0. The van der Waals surface area contributed by atoms with E-state index in [0.717, 1.165) is 24.2 Å². The van der Waals surface area contributed by atoms with Crippen LogP contribution in [0.4, 0.5) is 0 Å². The van der Waals surface area contributed by atoms with Crippen molar-refractivity contribution in [2.45, 2.75) is 38.6 Å². The maximum Gasteiger partial charge on any atom is 0.0551 e. The van der Waals surface area contributed by atoms with Crippen LogP contribution in [0, 0.1) is 0 Å². The van der Waals surface area contributed by atoms with Gasteiger partial charge < -0.3 is 10.5 Å². The molecule has 2 nitrogen and oxygen atoms in total. The molecule has 0 amide bonds. The van der Waals surface area contributed by atoms with E-state index in [1.165, 1.54) is 11.1 Å². The zero-order valence-electron chi connectivity index (χ0n) is 14.1. The minimum atomic E-state index is -0.0782. The average molecular weight is 297 g/mol. The topological polar surface area (TPSA) is 35.2 Å². The van der Waals surface area contributed by atoms with Crippen molar-refractivity contribution in [3.8, 4) is 0 Å². The first-order valence-electron chi connectivity index (χ1n) is 7.85. The first-order chi connectivity index (χ1) is 10.4. The van der Waals surface area contributed by atoms with Crippen LogP contribution in [0.1, 0.15) is 49.1 Å². The predicted molar refractivity (Wildman–Crippen MR) is 93.2 cm³/mol. The highest BCUT2D eigenvalue weighted by molar-refractivity contribution is 5.36. The number of ether oxygens (including phenoxy) is 1. The van der Waals surface area contributed by atoms with Gasteiger partial charge in [0.25, 0.3) is 0 Å². The molecule has 0 saturated carbocycles. The molecule has 2 N–H and O–H groups in total. The zero-order valence-corrected chi connectivity index (χ0v) is 14.1. The van der Waals surface area contributed by atoms with Gasteiger partial charge in [0.15, 0.2) is 0 Å². The lowest BCUT2D eigenvalue weighted by Gasteiger charge is -2.20. The average Bonchev–Trinajstić information content (AvgIpc) is 2.52. The van der Waals surface area contributed by atoms with Crippen molar-refractivity contribution in [2.24, 2.45) is 5.73 Å². The molecule has 0 aromatic heterocycles. The van der Waals surface area contributed by atoms with Crippen LogP contribution in [0.25, 0.3) is 0 Å². The van der Waals surface area contributed by atoms with Gasteiger partial charge >= 0.3 is 0 Å². The van der Waals surface area contributed by atoms with E-state index >= 15 is 0 Å². The Bertz CT molecular complexity index is 579. The second kappa shape index (κ2) is 7.08. The second-order valence-electron chi connectivity index (χ2n) is 6.83. The standard InChI is InChI=1S/C20H27NO/c1-20(2,3)18-11-9-17(10-12-18)19(21)16-7-5-15(6-8-16)13-14-22-4/h5-12,19H,13-14,21H2,1-4H3. The molecular weight excluding hydrogens is 270 g/mol. The molecule has 0 spiro atoms. The van der Waals surface area contributed by atoms with Gasteiger partial charge in [-0.05, 0) is 34.1 Å². The lowest BCUT2D eigenvalue weighted by molar-refractivity contribution is 0.202. The summed E-state index contributed by atoms with van der Waals surface area (Å²) >= 11 is 0. The van der Waals surface area contributed by atoms with Crippen molar-refractivity contribution in [2.75, 3.05) is 13.7 Å². The molecule has 1 atom stereocenters. The summed E-state index contributed by atoms with van der Waals surface area (Å²) in [4.78, 5) is 0. The Labute approximate surface area is 134 Å². The molecule has 0 heterocycles. The number of benzene rings is 2. The highest BCUT2D eigenvalue weighted by atomic mass is 16.5. The minimum absolute atomic E-state index is 0.0782. The largest absolute Gasteiger partial charge is 0.384 e. The fraction of sp³-hybridized carbons (Fsp3) is 0.400. The van der Waals surface area contributed by atoms with Gasteiger partial charge in [0.2, 0.25) is 0 Å². The van der Waals surface area contributed by atoms with E-state index < -0.39 is 0 Å². The summed E-state index contributed by atoms with van der Waals surface area (Å²) in [5, 5.41) is 0. The van der Waals surface area contributed by atoms with Crippen LogP contribution in [-0.4, -0.2) is 13.7 Å². The molecular formula is C20H27NO. The number of rotatable bonds is 5. The van der Waals surface area contributed by atoms with E-state index in [1.807, 2.05) is 0 Å². The molecule has 1 unspecified atom stereocenters. The van der Waals surface area contributed by atoms with Crippen LogP contribution < -0.4 is 5.73 Å². The molecule has 0 radical (unpaired) electrons. The van der Waals surface area contributed by atoms with E-state index in [9.17, 15) is 0 Å². The summed E-state index contributed by atoms with van der Waals surface area (Å²) in [5.41, 5.74) is 11.5. The Hall–Kier alpha value is -1.64. The predicted octanol–water partition coefficient (Wildman–Crippen LogP) is 4.22. The Morgan fingerprint density at radius 1 is 0.909 bits per heavy atom. The first-order valence-corrected chi connectivity index (χ1v) is 7.85. The first kappa shape index (κ1) is 16.7. The van der Waals surface area contributed by atoms with Gasteiger partial charge in [-0.1, -0.05) is 69.3 Å². The van der Waals surface area contributed by atoms with Crippen LogP contribution >= 0.6 is 0 Å². The molecule has 0 aliphatic carbocycles. The number of hydrogen-bond acceptors (Lipinski definition) is 2. The number of methoxy groups -OCH3 is 1. The molecule has 0 aliphatic heterocycles. The van der Waals surface area contributed by atoms with Crippen LogP contribution in [0.3, 0.4) is 0 Å². The van der Waals surface area contributed by atoms with Gasteiger partial charge in [-0.15, -0.1) is 0 Å². The summed E-state index contributed by atoms with van der Waals surface area (Å²) < 4.78 is 5.11. The third kappa shape index (κ3) is 4.19. The SMILES string of the molecule is COCCc1ccc(C(N)c2ccc(C(C)(C)C)cc2)cc1. The monoisotopic (exact) mass is 297 g/mol. The van der Waals surface area contributed by atoms with Crippen molar-refractivity contribution in [3.63, 3.8) is 0 Å². The van der Waals surface area contributed by atoms with E-state index in [-0.39, 0.29) is 11.5 Å². The quantitative estimate of drug-likeness (QED) is 0.896. The summed E-state index contributed by atoms with van der Waals surface area (Å²) in [7, 11) is 1.73. The Kier molecular flexibility index (Phi) is 5.38. The minimum Gasteiger partial charge on any atom is -0.384 e. The van der Waals surface area contributed by atoms with Crippen molar-refractivity contribution in [1.29, 1.82) is 0 Å². The van der Waals surface area contributed by atoms with Gasteiger partial charge in [-0.25, -0.2) is 0 Å². The molecule has 2 heteroatoms. The maximum atomic E-state index is 6.40. The Morgan fingerprint density at radius 2 is 1.41 bits per heavy atom. The summed E-state index contributed by atoms with van der Waals surface area (Å²) in [6, 6.07) is 17.1. The van der Waals surface area contributed by atoms with Gasteiger partial charge in [0.05, 0.1) is 12.6 Å². The summed E-state index contributed by atoms with van der Waals surface area (Å²) in [6.07, 6.45) is 0.937. The van der Waals surface area contributed by atoms with Gasteiger partial charge in [-0.3, -0.25) is 0 Å². The van der Waals surface area contributed by atoms with Gasteiger partial charge in [0.1, 0.15) is 0 Å². The highest BCUT2D eigenvalue weighted by Crippen LogP contribution is 2.25. The number of nitrogens with two attached hydrogens (primary N) is 1. The Balaban J connectivity index is 2.12. The molecule has 22 heavy (non-hydrogen) atoms. The zero-order chi connectivity index (χ0) is 16.2. The molecule has 0 saturated heterocycles. The van der Waals surface area contributed by atoms with Crippen LogP contribution in [0.2, 0.25) is 0 Å². The molecule has 0 bridgehead atoms. The highest BCUT2D eigenvalue weighted by Gasteiger charge is 2.14. The molecule has 2 aromatic carbocycles. The van der Waals surface area contributed by atoms with Gasteiger partial charge in [0, 0.05) is 7.11 Å². The third-order valence-electron chi connectivity index (χ3n) is 4.07. The third-order valence-corrected chi connectivity index (χ3v) is 4.07. The maximum absolute atomic E-state index is 6.40. The van der Waals surface area contributed by atoms with Gasteiger partial charge in [-0.2, -0.15) is 0 Å². The number of hydrogen-bond donors (Lipinski definition) is 1. The fourth-order valence-corrected chi connectivity index (χ4v) is 2.49. The fourth-order valence-electron chi connectivity index (χ4n) is 2.49. The Morgan fingerprint density at radius 3 is 1.86 bits per heavy atom. The molecule has 0 fully saturated rings. The normalized spacial score (nSPS) is 13.1. The van der Waals surface area contributed by atoms with Crippen LogP contribution in [-0.2, 0) is 16.6 Å². The van der Waals surface area contributed by atoms with E-state index in [1.54, 1.807) is 7.11 Å². The molecule has 2 aromatic rings. The van der Waals surface area contributed by atoms with Crippen molar-refractivity contribution in [1.82, 2.24) is 0 Å². The van der Waals surface area contributed by atoms with E-state index in [0.29, 0.717) is 0 Å². The summed E-state index contributed by atoms with van der Waals surface area (Å²) in [6.45, 7) is 7.42. The molecule has 0 aliphatic rings. The lowest BCUT2D eigenvalue weighted by atomic mass is 9.86. The molecule has 2 rings (SSSR count). The second-order valence-corrected chi connectivity index (χ2v) is 6.83. The van der Waals surface area contributed by atoms with Crippen LogP contribution in [0.5, 0.6) is 0 Å². The van der Waals surface area contributed by atoms with Crippen LogP contribution in [0.15, 0.2) is 48.5 Å². The van der Waals surface area contributed by atoms with Crippen molar-refractivity contribution < 1.29 is 4.74 Å². The lowest BCUT2D eigenvalue weighted by Crippen LogP contribution is -2.14.